The van der Waals surface area contributed by atoms with Gasteiger partial charge in [-0.05, 0) is 20.8 Å². The number of hydrogen-bond donors (Lipinski definition) is 1. The summed E-state index contributed by atoms with van der Waals surface area (Å²) in [4.78, 5) is 0. The van der Waals surface area contributed by atoms with Gasteiger partial charge in [0, 0.05) is 5.54 Å². The van der Waals surface area contributed by atoms with E-state index in [-0.39, 0.29) is 17.9 Å². The Labute approximate surface area is 71.3 Å². The normalized spacial score (nSPS) is 12.0. The Morgan fingerprint density at radius 3 is 1.50 bits per heavy atom. The highest BCUT2D eigenvalue weighted by Gasteiger charge is 2.21. The van der Waals surface area contributed by atoms with Crippen LogP contribution in [-0.2, 0) is 0 Å². The van der Waals surface area contributed by atoms with Gasteiger partial charge in [0.2, 0.25) is 0 Å². The fraction of sp³-hybridized carbons (Fsp3) is 1.00. The lowest BCUT2D eigenvalue weighted by molar-refractivity contribution is -0.0755. The summed E-state index contributed by atoms with van der Waals surface area (Å²) in [5.74, 6) is 0. The highest BCUT2D eigenvalue weighted by Crippen LogP contribution is 2.10. The molecule has 0 rings (SSSR count). The van der Waals surface area contributed by atoms with Gasteiger partial charge in [0.1, 0.15) is 8.96 Å². The van der Waals surface area contributed by atoms with E-state index >= 15 is 0 Å². The third kappa shape index (κ3) is 4.28. The topological polar surface area (TPSA) is 23.5 Å². The molecular formula is C6H18ClNOSi. The van der Waals surface area contributed by atoms with Crippen molar-refractivity contribution in [2.24, 2.45) is 0 Å². The SMILES string of the molecule is C[SiH](C)N(O)C(C)(C)C.Cl. The van der Waals surface area contributed by atoms with Gasteiger partial charge < -0.3 is 5.21 Å². The van der Waals surface area contributed by atoms with Crippen molar-refractivity contribution in [1.29, 1.82) is 0 Å². The molecule has 0 aromatic heterocycles. The first kappa shape index (κ1) is 13.0. The van der Waals surface area contributed by atoms with Crippen molar-refractivity contribution in [1.82, 2.24) is 4.73 Å². The van der Waals surface area contributed by atoms with Crippen LogP contribution in [0.15, 0.2) is 0 Å². The van der Waals surface area contributed by atoms with Crippen LogP contribution in [0.4, 0.5) is 0 Å². The lowest BCUT2D eigenvalue weighted by atomic mass is 10.1. The average Bonchev–Trinajstić information content (AvgIpc) is 1.62. The van der Waals surface area contributed by atoms with E-state index in [0.717, 1.165) is 0 Å². The van der Waals surface area contributed by atoms with Gasteiger partial charge in [0.25, 0.3) is 0 Å². The molecule has 0 aliphatic rings. The van der Waals surface area contributed by atoms with E-state index in [2.05, 4.69) is 13.1 Å². The van der Waals surface area contributed by atoms with E-state index in [1.807, 2.05) is 20.8 Å². The van der Waals surface area contributed by atoms with Gasteiger partial charge in [-0.15, -0.1) is 12.4 Å². The number of hydrogen-bond acceptors (Lipinski definition) is 2. The van der Waals surface area contributed by atoms with Gasteiger partial charge >= 0.3 is 0 Å². The van der Waals surface area contributed by atoms with Crippen molar-refractivity contribution in [2.45, 2.75) is 39.4 Å². The predicted octanol–water partition coefficient (Wildman–Crippen LogP) is 1.88. The Balaban J connectivity index is 0. The lowest BCUT2D eigenvalue weighted by Crippen LogP contribution is -2.45. The zero-order chi connectivity index (χ0) is 7.65. The summed E-state index contributed by atoms with van der Waals surface area (Å²) >= 11 is 0. The molecular weight excluding hydrogens is 166 g/mol. The fourth-order valence-corrected chi connectivity index (χ4v) is 2.32. The van der Waals surface area contributed by atoms with Gasteiger partial charge in [-0.2, -0.15) is 0 Å². The molecule has 0 saturated carbocycles. The minimum absolute atomic E-state index is 0. The summed E-state index contributed by atoms with van der Waals surface area (Å²) in [6.07, 6.45) is 0. The first-order valence-electron chi connectivity index (χ1n) is 3.34. The van der Waals surface area contributed by atoms with Gasteiger partial charge in [0.15, 0.2) is 0 Å². The molecule has 0 amide bonds. The second-order valence-corrected chi connectivity index (χ2v) is 6.29. The standard InChI is InChI=1S/C6H17NOSi.ClH/c1-6(2,3)7(8)9(4)5;/h8-9H,1-5H3;1H. The number of hydroxylamine groups is 1. The zero-order valence-corrected chi connectivity index (χ0v) is 9.35. The monoisotopic (exact) mass is 183 g/mol. The van der Waals surface area contributed by atoms with Crippen molar-refractivity contribution in [3.05, 3.63) is 0 Å². The molecule has 0 aliphatic carbocycles. The summed E-state index contributed by atoms with van der Waals surface area (Å²) in [7, 11) is -1.00. The highest BCUT2D eigenvalue weighted by molar-refractivity contribution is 6.52. The molecule has 0 bridgehead atoms. The van der Waals surface area contributed by atoms with Crippen LogP contribution < -0.4 is 0 Å². The lowest BCUT2D eigenvalue weighted by Gasteiger charge is -2.32. The summed E-state index contributed by atoms with van der Waals surface area (Å²) in [6.45, 7) is 10.2. The molecule has 10 heavy (non-hydrogen) atoms. The summed E-state index contributed by atoms with van der Waals surface area (Å²) in [6, 6.07) is 0. The van der Waals surface area contributed by atoms with E-state index < -0.39 is 8.96 Å². The van der Waals surface area contributed by atoms with Crippen LogP contribution in [0.3, 0.4) is 0 Å². The van der Waals surface area contributed by atoms with Crippen LogP contribution >= 0.6 is 12.4 Å². The Morgan fingerprint density at radius 2 is 1.50 bits per heavy atom. The largest absolute Gasteiger partial charge is 0.321 e. The summed E-state index contributed by atoms with van der Waals surface area (Å²) in [5.41, 5.74) is -0.0691. The van der Waals surface area contributed by atoms with Crippen LogP contribution in [0.5, 0.6) is 0 Å². The van der Waals surface area contributed by atoms with Gasteiger partial charge in [0.05, 0.1) is 0 Å². The molecule has 0 saturated heterocycles. The Kier molecular flexibility index (Phi) is 5.66. The molecule has 0 spiro atoms. The second-order valence-electron chi connectivity index (χ2n) is 3.61. The van der Waals surface area contributed by atoms with Crippen LogP contribution in [-0.4, -0.2) is 24.4 Å². The summed E-state index contributed by atoms with van der Waals surface area (Å²) < 4.78 is 1.49. The van der Waals surface area contributed by atoms with Crippen molar-refractivity contribution in [2.75, 3.05) is 0 Å². The van der Waals surface area contributed by atoms with Crippen molar-refractivity contribution in [3.63, 3.8) is 0 Å². The van der Waals surface area contributed by atoms with Crippen molar-refractivity contribution < 1.29 is 5.21 Å². The molecule has 4 heteroatoms. The first-order valence-corrected chi connectivity index (χ1v) is 6.16. The Hall–Kier alpha value is 0.427. The quantitative estimate of drug-likeness (QED) is 0.496. The Bertz CT molecular complexity index is 92.2. The van der Waals surface area contributed by atoms with E-state index in [4.69, 9.17) is 0 Å². The van der Waals surface area contributed by atoms with Crippen LogP contribution in [0.25, 0.3) is 0 Å². The molecule has 0 radical (unpaired) electrons. The van der Waals surface area contributed by atoms with Gasteiger partial charge in [-0.25, -0.2) is 4.73 Å². The molecule has 2 nitrogen and oxygen atoms in total. The van der Waals surface area contributed by atoms with E-state index in [1.54, 1.807) is 0 Å². The van der Waals surface area contributed by atoms with E-state index in [0.29, 0.717) is 0 Å². The van der Waals surface area contributed by atoms with Gasteiger partial charge in [-0.1, -0.05) is 13.1 Å². The van der Waals surface area contributed by atoms with Crippen LogP contribution in [0.1, 0.15) is 20.8 Å². The minimum atomic E-state index is -1.00. The van der Waals surface area contributed by atoms with Crippen LogP contribution in [0.2, 0.25) is 13.1 Å². The first-order chi connectivity index (χ1) is 3.85. The second kappa shape index (κ2) is 4.33. The third-order valence-corrected chi connectivity index (χ3v) is 2.93. The van der Waals surface area contributed by atoms with Crippen molar-refractivity contribution in [3.8, 4) is 0 Å². The summed E-state index contributed by atoms with van der Waals surface area (Å²) in [5, 5.41) is 9.36. The molecule has 1 N–H and O–H groups in total. The van der Waals surface area contributed by atoms with Crippen molar-refractivity contribution >= 4 is 21.4 Å². The average molecular weight is 184 g/mol. The van der Waals surface area contributed by atoms with E-state index in [1.165, 1.54) is 4.73 Å². The Morgan fingerprint density at radius 1 is 1.20 bits per heavy atom. The number of halogens is 1. The molecule has 0 aromatic carbocycles. The van der Waals surface area contributed by atoms with E-state index in [9.17, 15) is 5.21 Å². The molecule has 0 aliphatic heterocycles. The van der Waals surface area contributed by atoms with Crippen LogP contribution in [0, 0.1) is 0 Å². The molecule has 0 atom stereocenters. The fourth-order valence-electron chi connectivity index (χ4n) is 0.775. The maximum absolute atomic E-state index is 9.36. The number of nitrogens with zero attached hydrogens (tertiary/aromatic N) is 1. The predicted molar refractivity (Wildman–Crippen MR) is 49.5 cm³/mol. The molecule has 0 heterocycles. The number of rotatable bonds is 1. The highest BCUT2D eigenvalue weighted by atomic mass is 35.5. The molecule has 0 unspecified atom stereocenters. The minimum Gasteiger partial charge on any atom is -0.321 e. The molecule has 0 fully saturated rings. The smallest absolute Gasteiger partial charge is 0.139 e. The molecule has 0 aromatic rings. The maximum Gasteiger partial charge on any atom is 0.139 e. The van der Waals surface area contributed by atoms with Gasteiger partial charge in [-0.3, -0.25) is 0 Å². The zero-order valence-electron chi connectivity index (χ0n) is 7.38. The maximum atomic E-state index is 9.36. The molecule has 64 valence electrons. The third-order valence-electron chi connectivity index (χ3n) is 1.18.